The summed E-state index contributed by atoms with van der Waals surface area (Å²) in [6, 6.07) is 0. The SMILES string of the molecule is CC(C)=C1C2C=CC1c1c(C)c(C)c(C)c(C)c12. The van der Waals surface area contributed by atoms with Gasteiger partial charge in [0.2, 0.25) is 0 Å². The predicted molar refractivity (Wildman–Crippen MR) is 78.4 cm³/mol. The lowest BCUT2D eigenvalue weighted by Crippen LogP contribution is -2.04. The molecule has 0 spiro atoms. The van der Waals surface area contributed by atoms with Crippen molar-refractivity contribution >= 4 is 0 Å². The molecule has 2 atom stereocenters. The quantitative estimate of drug-likeness (QED) is 0.557. The van der Waals surface area contributed by atoms with Gasteiger partial charge in [-0.15, -0.1) is 0 Å². The Morgan fingerprint density at radius 3 is 1.44 bits per heavy atom. The molecule has 18 heavy (non-hydrogen) atoms. The molecule has 2 unspecified atom stereocenters. The molecule has 0 heteroatoms. The van der Waals surface area contributed by atoms with Crippen LogP contribution in [0.15, 0.2) is 23.3 Å². The van der Waals surface area contributed by atoms with Crippen molar-refractivity contribution in [2.24, 2.45) is 0 Å². The summed E-state index contributed by atoms with van der Waals surface area (Å²) in [5.74, 6) is 1.13. The summed E-state index contributed by atoms with van der Waals surface area (Å²) in [6.07, 6.45) is 4.83. The highest BCUT2D eigenvalue weighted by Gasteiger charge is 2.40. The summed E-state index contributed by atoms with van der Waals surface area (Å²) < 4.78 is 0. The predicted octanol–water partition coefficient (Wildman–Crippen LogP) is 5.01. The fourth-order valence-corrected chi connectivity index (χ4v) is 3.92. The second-order valence-electron chi connectivity index (χ2n) is 6.12. The van der Waals surface area contributed by atoms with Crippen LogP contribution in [0.5, 0.6) is 0 Å². The first kappa shape index (κ1) is 11.8. The fraction of sp³-hybridized carbons (Fsp3) is 0.444. The third-order valence-electron chi connectivity index (χ3n) is 5.15. The molecule has 0 amide bonds. The third-order valence-corrected chi connectivity index (χ3v) is 5.15. The molecule has 0 aliphatic heterocycles. The first-order valence-electron chi connectivity index (χ1n) is 6.90. The average molecular weight is 238 g/mol. The summed E-state index contributed by atoms with van der Waals surface area (Å²) in [6.45, 7) is 13.7. The van der Waals surface area contributed by atoms with E-state index in [0.29, 0.717) is 11.8 Å². The second kappa shape index (κ2) is 3.60. The Bertz CT molecular complexity index is 561. The highest BCUT2D eigenvalue weighted by molar-refractivity contribution is 5.67. The maximum absolute atomic E-state index is 2.41. The highest BCUT2D eigenvalue weighted by Crippen LogP contribution is 2.56. The Kier molecular flexibility index (Phi) is 2.35. The smallest absolute Gasteiger partial charge is 0.0246 e. The second-order valence-corrected chi connectivity index (χ2v) is 6.12. The van der Waals surface area contributed by atoms with Gasteiger partial charge >= 0.3 is 0 Å². The molecule has 0 radical (unpaired) electrons. The summed E-state index contributed by atoms with van der Waals surface area (Å²) in [5, 5.41) is 0. The fourth-order valence-electron chi connectivity index (χ4n) is 3.92. The topological polar surface area (TPSA) is 0 Å². The molecule has 0 nitrogen and oxygen atoms in total. The maximum Gasteiger partial charge on any atom is 0.0246 e. The van der Waals surface area contributed by atoms with E-state index in [2.05, 4.69) is 53.7 Å². The lowest BCUT2D eigenvalue weighted by atomic mass is 9.84. The first-order valence-corrected chi connectivity index (χ1v) is 6.90. The molecule has 0 N–H and O–H groups in total. The van der Waals surface area contributed by atoms with Crippen molar-refractivity contribution in [3.8, 4) is 0 Å². The third kappa shape index (κ3) is 1.21. The molecular formula is C18H22. The Hall–Kier alpha value is -1.30. The van der Waals surface area contributed by atoms with Crippen LogP contribution in [0.3, 0.4) is 0 Å². The molecule has 1 aromatic rings. The van der Waals surface area contributed by atoms with E-state index in [1.807, 2.05) is 0 Å². The van der Waals surface area contributed by atoms with Crippen molar-refractivity contribution in [1.29, 1.82) is 0 Å². The average Bonchev–Trinajstić information content (AvgIpc) is 2.88. The van der Waals surface area contributed by atoms with Crippen LogP contribution < -0.4 is 0 Å². The van der Waals surface area contributed by atoms with Crippen LogP contribution in [0.1, 0.15) is 59.1 Å². The van der Waals surface area contributed by atoms with Crippen LogP contribution in [-0.4, -0.2) is 0 Å². The number of benzene rings is 1. The molecule has 1 aromatic carbocycles. The lowest BCUT2D eigenvalue weighted by Gasteiger charge is -2.20. The van der Waals surface area contributed by atoms with Crippen molar-refractivity contribution in [3.05, 3.63) is 56.7 Å². The van der Waals surface area contributed by atoms with E-state index in [-0.39, 0.29) is 0 Å². The van der Waals surface area contributed by atoms with Crippen LogP contribution in [0.4, 0.5) is 0 Å². The summed E-state index contributed by atoms with van der Waals surface area (Å²) in [4.78, 5) is 0. The number of fused-ring (bicyclic) bond motifs is 5. The first-order chi connectivity index (χ1) is 8.45. The lowest BCUT2D eigenvalue weighted by molar-refractivity contribution is 0.986. The molecule has 3 rings (SSSR count). The summed E-state index contributed by atoms with van der Waals surface area (Å²) in [5.41, 5.74) is 12.4. The van der Waals surface area contributed by atoms with Gasteiger partial charge in [-0.05, 0) is 80.5 Å². The van der Waals surface area contributed by atoms with Crippen LogP contribution in [-0.2, 0) is 0 Å². The molecule has 0 heterocycles. The van der Waals surface area contributed by atoms with Gasteiger partial charge in [-0.3, -0.25) is 0 Å². The van der Waals surface area contributed by atoms with Gasteiger partial charge in [-0.1, -0.05) is 17.7 Å². The van der Waals surface area contributed by atoms with Crippen molar-refractivity contribution in [3.63, 3.8) is 0 Å². The molecule has 2 aliphatic carbocycles. The molecular weight excluding hydrogens is 216 g/mol. The minimum Gasteiger partial charge on any atom is -0.0760 e. The zero-order chi connectivity index (χ0) is 13.2. The van der Waals surface area contributed by atoms with Crippen molar-refractivity contribution in [2.75, 3.05) is 0 Å². The molecule has 0 aromatic heterocycles. The minimum absolute atomic E-state index is 0.563. The van der Waals surface area contributed by atoms with Gasteiger partial charge in [0.1, 0.15) is 0 Å². The van der Waals surface area contributed by atoms with Gasteiger partial charge in [0.25, 0.3) is 0 Å². The number of hydrogen-bond acceptors (Lipinski definition) is 0. The van der Waals surface area contributed by atoms with E-state index in [9.17, 15) is 0 Å². The Labute approximate surface area is 110 Å². The largest absolute Gasteiger partial charge is 0.0760 e. The van der Waals surface area contributed by atoms with Crippen LogP contribution >= 0.6 is 0 Å². The molecule has 2 aliphatic rings. The van der Waals surface area contributed by atoms with Crippen molar-refractivity contribution < 1.29 is 0 Å². The Morgan fingerprint density at radius 2 is 1.11 bits per heavy atom. The van der Waals surface area contributed by atoms with E-state index < -0.39 is 0 Å². The summed E-state index contributed by atoms with van der Waals surface area (Å²) in [7, 11) is 0. The van der Waals surface area contributed by atoms with Gasteiger partial charge in [0.15, 0.2) is 0 Å². The maximum atomic E-state index is 2.41. The zero-order valence-corrected chi connectivity index (χ0v) is 12.3. The summed E-state index contributed by atoms with van der Waals surface area (Å²) >= 11 is 0. The number of hydrogen-bond donors (Lipinski definition) is 0. The standard InChI is InChI=1S/C18H22/c1-9(2)16-14-7-8-15(16)18-13(6)11(4)10(3)12(5)17(14)18/h7-8,14-15H,1-6H3. The van der Waals surface area contributed by atoms with Crippen molar-refractivity contribution in [2.45, 2.75) is 53.4 Å². The Morgan fingerprint density at radius 1 is 0.722 bits per heavy atom. The highest BCUT2D eigenvalue weighted by atomic mass is 14.4. The molecule has 0 saturated heterocycles. The molecule has 94 valence electrons. The number of allylic oxidation sites excluding steroid dienone is 4. The van der Waals surface area contributed by atoms with Gasteiger partial charge in [-0.2, -0.15) is 0 Å². The normalized spacial score (nSPS) is 23.8. The van der Waals surface area contributed by atoms with E-state index in [1.54, 1.807) is 16.7 Å². The van der Waals surface area contributed by atoms with Gasteiger partial charge < -0.3 is 0 Å². The van der Waals surface area contributed by atoms with Crippen molar-refractivity contribution in [1.82, 2.24) is 0 Å². The minimum atomic E-state index is 0.563. The van der Waals surface area contributed by atoms with E-state index in [4.69, 9.17) is 0 Å². The van der Waals surface area contributed by atoms with E-state index in [0.717, 1.165) is 0 Å². The molecule has 0 fully saturated rings. The van der Waals surface area contributed by atoms with Gasteiger partial charge in [0, 0.05) is 11.8 Å². The van der Waals surface area contributed by atoms with Crippen LogP contribution in [0.2, 0.25) is 0 Å². The molecule has 0 saturated carbocycles. The van der Waals surface area contributed by atoms with E-state index >= 15 is 0 Å². The van der Waals surface area contributed by atoms with Crippen LogP contribution in [0, 0.1) is 27.7 Å². The monoisotopic (exact) mass is 238 g/mol. The zero-order valence-electron chi connectivity index (χ0n) is 12.3. The van der Waals surface area contributed by atoms with Gasteiger partial charge in [-0.25, -0.2) is 0 Å². The number of rotatable bonds is 0. The molecule has 2 bridgehead atoms. The van der Waals surface area contributed by atoms with Crippen LogP contribution in [0.25, 0.3) is 0 Å². The van der Waals surface area contributed by atoms with E-state index in [1.165, 1.54) is 27.8 Å². The van der Waals surface area contributed by atoms with Gasteiger partial charge in [0.05, 0.1) is 0 Å². The Balaban J connectivity index is 2.38.